The van der Waals surface area contributed by atoms with Gasteiger partial charge in [-0.3, -0.25) is 4.79 Å². The van der Waals surface area contributed by atoms with Gasteiger partial charge in [-0.15, -0.1) is 0 Å². The van der Waals surface area contributed by atoms with Gasteiger partial charge in [0.2, 0.25) is 5.91 Å². The lowest BCUT2D eigenvalue weighted by Gasteiger charge is -2.07. The number of carbonyl (C=O) groups is 1. The molecule has 0 heterocycles. The molecule has 0 saturated heterocycles. The van der Waals surface area contributed by atoms with Crippen LogP contribution < -0.4 is 10.6 Å². The van der Waals surface area contributed by atoms with Crippen LogP contribution in [0.3, 0.4) is 0 Å². The highest BCUT2D eigenvalue weighted by atomic mass is 19.1. The first-order chi connectivity index (χ1) is 10.0. The fourth-order valence-electron chi connectivity index (χ4n) is 1.75. The van der Waals surface area contributed by atoms with Gasteiger partial charge in [-0.05, 0) is 24.3 Å². The molecule has 0 aliphatic carbocycles. The van der Waals surface area contributed by atoms with E-state index in [2.05, 4.69) is 10.6 Å². The van der Waals surface area contributed by atoms with E-state index in [0.717, 1.165) is 12.1 Å². The minimum absolute atomic E-state index is 0.0761. The van der Waals surface area contributed by atoms with Crippen LogP contribution in [-0.4, -0.2) is 12.5 Å². The molecule has 1 amide bonds. The second-order valence-corrected chi connectivity index (χ2v) is 4.40. The number of carbonyl (C=O) groups excluding carboxylic acids is 1. The maximum absolute atomic E-state index is 13.3. The van der Waals surface area contributed by atoms with Crippen molar-refractivity contribution in [2.45, 2.75) is 6.54 Å². The van der Waals surface area contributed by atoms with Gasteiger partial charge >= 0.3 is 0 Å². The molecule has 0 fully saturated rings. The topological polar surface area (TPSA) is 41.1 Å². The van der Waals surface area contributed by atoms with E-state index >= 15 is 0 Å². The van der Waals surface area contributed by atoms with Crippen molar-refractivity contribution in [3.8, 4) is 0 Å². The van der Waals surface area contributed by atoms with E-state index in [1.165, 1.54) is 24.3 Å². The maximum atomic E-state index is 13.3. The molecular weight excluding hydrogens is 281 g/mol. The molecule has 0 bridgehead atoms. The Balaban J connectivity index is 1.81. The van der Waals surface area contributed by atoms with Gasteiger partial charge in [0.05, 0.1) is 6.54 Å². The molecule has 2 aromatic rings. The first kappa shape index (κ1) is 15.1. The van der Waals surface area contributed by atoms with Crippen molar-refractivity contribution in [3.63, 3.8) is 0 Å². The Hall–Kier alpha value is -2.34. The molecule has 0 unspecified atom stereocenters. The van der Waals surface area contributed by atoms with Gasteiger partial charge in [0.1, 0.15) is 17.5 Å². The Labute approximate surface area is 119 Å². The van der Waals surface area contributed by atoms with E-state index in [4.69, 9.17) is 0 Å². The second-order valence-electron chi connectivity index (χ2n) is 4.40. The smallest absolute Gasteiger partial charge is 0.238 e. The van der Waals surface area contributed by atoms with Crippen molar-refractivity contribution < 1.29 is 18.0 Å². The predicted octanol–water partition coefficient (Wildman–Crippen LogP) is 2.83. The van der Waals surface area contributed by atoms with Crippen LogP contribution in [0, 0.1) is 17.5 Å². The number of benzene rings is 2. The van der Waals surface area contributed by atoms with Crippen molar-refractivity contribution in [1.29, 1.82) is 0 Å². The lowest BCUT2D eigenvalue weighted by molar-refractivity contribution is -0.115. The summed E-state index contributed by atoms with van der Waals surface area (Å²) in [6, 6.07) is 8.73. The highest BCUT2D eigenvalue weighted by Gasteiger charge is 2.06. The number of rotatable bonds is 5. The minimum atomic E-state index is -0.673. The molecule has 0 aromatic heterocycles. The summed E-state index contributed by atoms with van der Waals surface area (Å²) in [6.07, 6.45) is 0. The van der Waals surface area contributed by atoms with Crippen molar-refractivity contribution in [3.05, 3.63) is 65.5 Å². The van der Waals surface area contributed by atoms with Crippen LogP contribution in [-0.2, 0) is 11.3 Å². The average molecular weight is 294 g/mol. The van der Waals surface area contributed by atoms with Gasteiger partial charge in [-0.2, -0.15) is 0 Å². The Morgan fingerprint density at radius 3 is 2.48 bits per heavy atom. The van der Waals surface area contributed by atoms with Gasteiger partial charge < -0.3 is 10.6 Å². The summed E-state index contributed by atoms with van der Waals surface area (Å²) in [5.74, 6) is -2.16. The van der Waals surface area contributed by atoms with Gasteiger partial charge in [0.25, 0.3) is 0 Å². The Bertz CT molecular complexity index is 647. The quantitative estimate of drug-likeness (QED) is 0.890. The Morgan fingerprint density at radius 2 is 1.76 bits per heavy atom. The summed E-state index contributed by atoms with van der Waals surface area (Å²) in [5, 5.41) is 5.23. The van der Waals surface area contributed by atoms with Crippen LogP contribution in [0.4, 0.5) is 18.9 Å². The van der Waals surface area contributed by atoms with Gasteiger partial charge in [-0.25, -0.2) is 13.2 Å². The zero-order valence-corrected chi connectivity index (χ0v) is 11.0. The molecule has 110 valence electrons. The normalized spacial score (nSPS) is 10.4. The molecular formula is C15H13F3N2O. The maximum Gasteiger partial charge on any atom is 0.238 e. The number of halogens is 3. The first-order valence-corrected chi connectivity index (χ1v) is 6.24. The molecule has 0 saturated carbocycles. The van der Waals surface area contributed by atoms with E-state index in [9.17, 15) is 18.0 Å². The molecule has 2 N–H and O–H groups in total. The molecule has 21 heavy (non-hydrogen) atoms. The minimum Gasteiger partial charge on any atom is -0.325 e. The Kier molecular flexibility index (Phi) is 4.94. The highest BCUT2D eigenvalue weighted by Crippen LogP contribution is 2.10. The van der Waals surface area contributed by atoms with E-state index in [0.29, 0.717) is 5.69 Å². The highest BCUT2D eigenvalue weighted by molar-refractivity contribution is 5.92. The van der Waals surface area contributed by atoms with Crippen LogP contribution in [0.1, 0.15) is 5.56 Å². The SMILES string of the molecule is O=C(CNCc1ccc(F)cc1F)Nc1cccc(F)c1. The summed E-state index contributed by atoms with van der Waals surface area (Å²) in [6.45, 7) is 0.00993. The van der Waals surface area contributed by atoms with Crippen molar-refractivity contribution in [1.82, 2.24) is 5.32 Å². The van der Waals surface area contributed by atoms with Crippen LogP contribution in [0.5, 0.6) is 0 Å². The largest absolute Gasteiger partial charge is 0.325 e. The van der Waals surface area contributed by atoms with E-state index in [-0.39, 0.29) is 24.6 Å². The molecule has 6 heteroatoms. The fraction of sp³-hybridized carbons (Fsp3) is 0.133. The van der Waals surface area contributed by atoms with Crippen LogP contribution in [0.2, 0.25) is 0 Å². The number of nitrogens with one attached hydrogen (secondary N) is 2. The molecule has 2 aromatic carbocycles. The zero-order valence-electron chi connectivity index (χ0n) is 11.0. The number of amides is 1. The third-order valence-electron chi connectivity index (χ3n) is 2.72. The van der Waals surface area contributed by atoms with Gasteiger partial charge in [0.15, 0.2) is 0 Å². The average Bonchev–Trinajstić information content (AvgIpc) is 2.41. The zero-order chi connectivity index (χ0) is 15.2. The molecule has 0 radical (unpaired) electrons. The molecule has 0 aliphatic heterocycles. The second kappa shape index (κ2) is 6.90. The molecule has 0 aliphatic rings. The van der Waals surface area contributed by atoms with Crippen molar-refractivity contribution in [2.24, 2.45) is 0 Å². The lowest BCUT2D eigenvalue weighted by atomic mass is 10.2. The summed E-state index contributed by atoms with van der Waals surface area (Å²) in [7, 11) is 0. The lowest BCUT2D eigenvalue weighted by Crippen LogP contribution is -2.28. The predicted molar refractivity (Wildman–Crippen MR) is 73.1 cm³/mol. The number of hydrogen-bond acceptors (Lipinski definition) is 2. The summed E-state index contributed by atoms with van der Waals surface area (Å²) in [4.78, 5) is 11.6. The van der Waals surface area contributed by atoms with Crippen LogP contribution in [0.25, 0.3) is 0 Å². The summed E-state index contributed by atoms with van der Waals surface area (Å²) < 4.78 is 39.0. The number of hydrogen-bond donors (Lipinski definition) is 2. The third kappa shape index (κ3) is 4.61. The molecule has 0 atom stereocenters. The van der Waals surface area contributed by atoms with E-state index in [1.807, 2.05) is 0 Å². The summed E-state index contributed by atoms with van der Waals surface area (Å²) in [5.41, 5.74) is 0.602. The summed E-state index contributed by atoms with van der Waals surface area (Å²) >= 11 is 0. The van der Waals surface area contributed by atoms with Gasteiger partial charge in [-0.1, -0.05) is 12.1 Å². The number of anilines is 1. The molecule has 2 rings (SSSR count). The third-order valence-corrected chi connectivity index (χ3v) is 2.72. The molecule has 0 spiro atoms. The van der Waals surface area contributed by atoms with E-state index in [1.54, 1.807) is 6.07 Å². The van der Waals surface area contributed by atoms with Crippen molar-refractivity contribution in [2.75, 3.05) is 11.9 Å². The Morgan fingerprint density at radius 1 is 1.00 bits per heavy atom. The van der Waals surface area contributed by atoms with Crippen molar-refractivity contribution >= 4 is 11.6 Å². The van der Waals surface area contributed by atoms with E-state index < -0.39 is 17.5 Å². The van der Waals surface area contributed by atoms with Gasteiger partial charge in [0, 0.05) is 23.9 Å². The fourth-order valence-corrected chi connectivity index (χ4v) is 1.75. The first-order valence-electron chi connectivity index (χ1n) is 6.24. The monoisotopic (exact) mass is 294 g/mol. The molecule has 3 nitrogen and oxygen atoms in total. The van der Waals surface area contributed by atoms with Crippen LogP contribution in [0.15, 0.2) is 42.5 Å². The standard InChI is InChI=1S/C15H13F3N2O/c16-11-2-1-3-13(6-11)20-15(21)9-19-8-10-4-5-12(17)7-14(10)18/h1-7,19H,8-9H2,(H,20,21). The van der Waals surface area contributed by atoms with Crippen LogP contribution >= 0.6 is 0 Å².